The molecule has 2 aromatic rings. The molecule has 3 rings (SSSR count). The van der Waals surface area contributed by atoms with Gasteiger partial charge in [0.2, 0.25) is 15.9 Å². The number of hydrogen-bond acceptors (Lipinski definition) is 4. The molecular formula is C19H21ClN4O4S. The predicted octanol–water partition coefficient (Wildman–Crippen LogP) is 2.37. The van der Waals surface area contributed by atoms with Crippen molar-refractivity contribution in [1.82, 2.24) is 9.21 Å². The monoisotopic (exact) mass is 436 g/mol. The van der Waals surface area contributed by atoms with Crippen LogP contribution in [0.15, 0.2) is 53.4 Å². The van der Waals surface area contributed by atoms with E-state index in [0.29, 0.717) is 30.2 Å². The highest BCUT2D eigenvalue weighted by molar-refractivity contribution is 7.89. The number of anilines is 1. The lowest BCUT2D eigenvalue weighted by molar-refractivity contribution is 0.1000. The largest absolute Gasteiger partial charge is 0.366 e. The summed E-state index contributed by atoms with van der Waals surface area (Å²) in [7, 11) is -3.74. The molecule has 3 amide bonds. The van der Waals surface area contributed by atoms with E-state index in [1.54, 1.807) is 29.2 Å². The molecule has 29 heavy (non-hydrogen) atoms. The number of primary amides is 1. The zero-order valence-corrected chi connectivity index (χ0v) is 17.1. The molecular weight excluding hydrogens is 416 g/mol. The highest BCUT2D eigenvalue weighted by atomic mass is 35.5. The fourth-order valence-corrected chi connectivity index (χ4v) is 4.71. The molecule has 0 unspecified atom stereocenters. The van der Waals surface area contributed by atoms with Crippen molar-refractivity contribution in [3.63, 3.8) is 0 Å². The Balaban J connectivity index is 1.67. The molecule has 10 heteroatoms. The van der Waals surface area contributed by atoms with Crippen LogP contribution in [-0.4, -0.2) is 55.7 Å². The van der Waals surface area contributed by atoms with Crippen molar-refractivity contribution < 1.29 is 18.0 Å². The fraction of sp³-hybridized carbons (Fsp3) is 0.263. The van der Waals surface area contributed by atoms with Crippen molar-refractivity contribution in [2.45, 2.75) is 11.3 Å². The van der Waals surface area contributed by atoms with E-state index >= 15 is 0 Å². The van der Waals surface area contributed by atoms with Crippen LogP contribution in [0, 0.1) is 0 Å². The Kier molecular flexibility index (Phi) is 6.41. The standard InChI is InChI=1S/C19H21ClN4O4S/c20-15-3-1-4-16(13-15)22-19(26)23-9-2-10-24(12-11-23)29(27,28)17-7-5-14(6-8-17)18(21)25/h1,3-8,13H,2,9-12H2,(H2,21,25)(H,22,26). The molecule has 0 aromatic heterocycles. The summed E-state index contributed by atoms with van der Waals surface area (Å²) in [6.07, 6.45) is 0.502. The van der Waals surface area contributed by atoms with Crippen LogP contribution < -0.4 is 11.1 Å². The average molecular weight is 437 g/mol. The van der Waals surface area contributed by atoms with Crippen LogP contribution >= 0.6 is 11.6 Å². The maximum Gasteiger partial charge on any atom is 0.321 e. The summed E-state index contributed by atoms with van der Waals surface area (Å²) in [5.41, 5.74) is 6.01. The fourth-order valence-electron chi connectivity index (χ4n) is 3.05. The van der Waals surface area contributed by atoms with E-state index in [1.165, 1.54) is 28.6 Å². The van der Waals surface area contributed by atoms with Gasteiger partial charge >= 0.3 is 6.03 Å². The minimum Gasteiger partial charge on any atom is -0.366 e. The summed E-state index contributed by atoms with van der Waals surface area (Å²) in [5, 5.41) is 3.29. The number of carbonyl (C=O) groups excluding carboxylic acids is 2. The lowest BCUT2D eigenvalue weighted by atomic mass is 10.2. The van der Waals surface area contributed by atoms with Crippen molar-refractivity contribution in [1.29, 1.82) is 0 Å². The van der Waals surface area contributed by atoms with Crippen LogP contribution in [0.2, 0.25) is 5.02 Å². The third-order valence-electron chi connectivity index (χ3n) is 4.59. The zero-order chi connectivity index (χ0) is 21.0. The minimum atomic E-state index is -3.74. The number of nitrogens with one attached hydrogen (secondary N) is 1. The van der Waals surface area contributed by atoms with Crippen LogP contribution in [-0.2, 0) is 10.0 Å². The van der Waals surface area contributed by atoms with Gasteiger partial charge in [0.1, 0.15) is 0 Å². The first-order chi connectivity index (χ1) is 13.8. The molecule has 1 fully saturated rings. The molecule has 0 bridgehead atoms. The smallest absolute Gasteiger partial charge is 0.321 e. The first kappa shape index (κ1) is 21.1. The summed E-state index contributed by atoms with van der Waals surface area (Å²) in [5.74, 6) is -0.620. The van der Waals surface area contributed by atoms with Gasteiger partial charge in [0.25, 0.3) is 0 Å². The molecule has 3 N–H and O–H groups in total. The molecule has 0 atom stereocenters. The van der Waals surface area contributed by atoms with Gasteiger partial charge in [-0.1, -0.05) is 17.7 Å². The molecule has 0 saturated carbocycles. The number of hydrogen-bond donors (Lipinski definition) is 2. The third kappa shape index (κ3) is 5.06. The quantitative estimate of drug-likeness (QED) is 0.765. The summed E-state index contributed by atoms with van der Waals surface area (Å²) >= 11 is 5.93. The topological polar surface area (TPSA) is 113 Å². The Labute approximate surface area is 174 Å². The summed E-state index contributed by atoms with van der Waals surface area (Å²) in [6, 6.07) is 12.0. The van der Waals surface area contributed by atoms with Crippen LogP contribution in [0.1, 0.15) is 16.8 Å². The Morgan fingerprint density at radius 2 is 1.72 bits per heavy atom. The first-order valence-electron chi connectivity index (χ1n) is 8.99. The van der Waals surface area contributed by atoms with Gasteiger partial charge in [-0.05, 0) is 48.9 Å². The lowest BCUT2D eigenvalue weighted by Gasteiger charge is -2.22. The number of halogens is 1. The van der Waals surface area contributed by atoms with Gasteiger partial charge in [-0.3, -0.25) is 4.79 Å². The Morgan fingerprint density at radius 3 is 2.38 bits per heavy atom. The maximum absolute atomic E-state index is 12.9. The summed E-state index contributed by atoms with van der Waals surface area (Å²) < 4.78 is 27.2. The van der Waals surface area contributed by atoms with Crippen molar-refractivity contribution in [2.75, 3.05) is 31.5 Å². The summed E-state index contributed by atoms with van der Waals surface area (Å²) in [6.45, 7) is 1.15. The van der Waals surface area contributed by atoms with E-state index in [0.717, 1.165) is 0 Å². The van der Waals surface area contributed by atoms with Crippen molar-refractivity contribution in [3.8, 4) is 0 Å². The number of amides is 3. The zero-order valence-electron chi connectivity index (χ0n) is 15.5. The third-order valence-corrected chi connectivity index (χ3v) is 6.74. The molecule has 8 nitrogen and oxygen atoms in total. The molecule has 154 valence electrons. The van der Waals surface area contributed by atoms with E-state index in [2.05, 4.69) is 5.32 Å². The lowest BCUT2D eigenvalue weighted by Crippen LogP contribution is -2.39. The van der Waals surface area contributed by atoms with E-state index in [4.69, 9.17) is 17.3 Å². The van der Waals surface area contributed by atoms with Crippen LogP contribution in [0.5, 0.6) is 0 Å². The minimum absolute atomic E-state index is 0.0827. The van der Waals surface area contributed by atoms with Gasteiger partial charge < -0.3 is 16.0 Å². The normalized spacial score (nSPS) is 15.6. The molecule has 0 radical (unpaired) electrons. The van der Waals surface area contributed by atoms with E-state index < -0.39 is 15.9 Å². The second-order valence-electron chi connectivity index (χ2n) is 6.57. The van der Waals surface area contributed by atoms with Crippen LogP contribution in [0.4, 0.5) is 10.5 Å². The number of carbonyl (C=O) groups is 2. The van der Waals surface area contributed by atoms with E-state index in [1.807, 2.05) is 0 Å². The van der Waals surface area contributed by atoms with Gasteiger partial charge in [0, 0.05) is 42.5 Å². The van der Waals surface area contributed by atoms with Crippen molar-refractivity contribution in [2.24, 2.45) is 5.73 Å². The molecule has 2 aromatic carbocycles. The van der Waals surface area contributed by atoms with Gasteiger partial charge in [0.05, 0.1) is 4.90 Å². The molecule has 1 saturated heterocycles. The van der Waals surface area contributed by atoms with Gasteiger partial charge in [-0.25, -0.2) is 13.2 Å². The Hall–Kier alpha value is -2.62. The molecule has 1 aliphatic heterocycles. The van der Waals surface area contributed by atoms with E-state index in [-0.39, 0.29) is 29.6 Å². The van der Waals surface area contributed by atoms with E-state index in [9.17, 15) is 18.0 Å². The van der Waals surface area contributed by atoms with Crippen LogP contribution in [0.25, 0.3) is 0 Å². The van der Waals surface area contributed by atoms with Gasteiger partial charge in [-0.15, -0.1) is 0 Å². The predicted molar refractivity (Wildman–Crippen MR) is 110 cm³/mol. The van der Waals surface area contributed by atoms with Gasteiger partial charge in [-0.2, -0.15) is 4.31 Å². The van der Waals surface area contributed by atoms with Crippen molar-refractivity contribution in [3.05, 3.63) is 59.1 Å². The summed E-state index contributed by atoms with van der Waals surface area (Å²) in [4.78, 5) is 25.3. The number of nitrogens with two attached hydrogens (primary N) is 1. The second-order valence-corrected chi connectivity index (χ2v) is 8.95. The first-order valence-corrected chi connectivity index (χ1v) is 10.8. The second kappa shape index (κ2) is 8.81. The van der Waals surface area contributed by atoms with Crippen LogP contribution in [0.3, 0.4) is 0 Å². The number of rotatable bonds is 4. The number of benzene rings is 2. The molecule has 1 aliphatic rings. The number of nitrogens with zero attached hydrogens (tertiary/aromatic N) is 2. The number of sulfonamides is 1. The maximum atomic E-state index is 12.9. The SMILES string of the molecule is NC(=O)c1ccc(S(=O)(=O)N2CCCN(C(=O)Nc3cccc(Cl)c3)CC2)cc1. The Morgan fingerprint density at radius 1 is 1.00 bits per heavy atom. The molecule has 0 spiro atoms. The van der Waals surface area contributed by atoms with Crippen molar-refractivity contribution >= 4 is 39.2 Å². The van der Waals surface area contributed by atoms with Gasteiger partial charge in [0.15, 0.2) is 0 Å². The highest BCUT2D eigenvalue weighted by Gasteiger charge is 2.28. The molecule has 0 aliphatic carbocycles. The molecule has 1 heterocycles. The Bertz CT molecular complexity index is 1010. The average Bonchev–Trinajstić information content (AvgIpc) is 2.95. The highest BCUT2D eigenvalue weighted by Crippen LogP contribution is 2.20. The number of urea groups is 1.